The van der Waals surface area contributed by atoms with Crippen molar-refractivity contribution in [1.29, 1.82) is 0 Å². The molecule has 0 N–H and O–H groups in total. The molecule has 0 fully saturated rings. The highest BCUT2D eigenvalue weighted by Gasteiger charge is 2.04. The van der Waals surface area contributed by atoms with E-state index < -0.39 is 0 Å². The molecule has 0 saturated carbocycles. The lowest BCUT2D eigenvalue weighted by atomic mass is 10.1. The standard InChI is InChI=1S/C15H14Cl2O/c1-11-6-7-13(14(17)8-11)10-18-15-5-3-2-4-12(15)9-16/h2-8H,9-10H2,1H3. The van der Waals surface area contributed by atoms with E-state index in [-0.39, 0.29) is 0 Å². The van der Waals surface area contributed by atoms with Crippen molar-refractivity contribution in [2.24, 2.45) is 0 Å². The second-order valence-electron chi connectivity index (χ2n) is 4.12. The van der Waals surface area contributed by atoms with Crippen LogP contribution in [0.1, 0.15) is 16.7 Å². The molecule has 0 aliphatic rings. The minimum Gasteiger partial charge on any atom is -0.489 e. The first kappa shape index (κ1) is 13.3. The molecule has 2 aromatic carbocycles. The Balaban J connectivity index is 2.11. The fraction of sp³-hybridized carbons (Fsp3) is 0.200. The van der Waals surface area contributed by atoms with Crippen LogP contribution in [-0.4, -0.2) is 0 Å². The molecule has 2 aromatic rings. The summed E-state index contributed by atoms with van der Waals surface area (Å²) >= 11 is 12.0. The molecule has 0 aliphatic heterocycles. The minimum atomic E-state index is 0.442. The molecular formula is C15H14Cl2O. The van der Waals surface area contributed by atoms with Crippen LogP contribution in [0.4, 0.5) is 0 Å². The Hall–Kier alpha value is -1.18. The van der Waals surface area contributed by atoms with Crippen molar-refractivity contribution in [2.75, 3.05) is 0 Å². The van der Waals surface area contributed by atoms with Gasteiger partial charge in [0.15, 0.2) is 0 Å². The van der Waals surface area contributed by atoms with Gasteiger partial charge in [0.05, 0.1) is 5.88 Å². The van der Waals surface area contributed by atoms with Gasteiger partial charge in [-0.25, -0.2) is 0 Å². The van der Waals surface area contributed by atoms with Crippen LogP contribution in [0.5, 0.6) is 5.75 Å². The maximum absolute atomic E-state index is 6.16. The van der Waals surface area contributed by atoms with E-state index in [0.717, 1.165) is 27.5 Å². The summed E-state index contributed by atoms with van der Waals surface area (Å²) in [7, 11) is 0. The van der Waals surface area contributed by atoms with Crippen LogP contribution in [0.15, 0.2) is 42.5 Å². The third-order valence-corrected chi connectivity index (χ3v) is 3.35. The largest absolute Gasteiger partial charge is 0.489 e. The van der Waals surface area contributed by atoms with E-state index in [9.17, 15) is 0 Å². The second-order valence-corrected chi connectivity index (χ2v) is 4.80. The number of hydrogen-bond acceptors (Lipinski definition) is 1. The van der Waals surface area contributed by atoms with E-state index >= 15 is 0 Å². The van der Waals surface area contributed by atoms with Crippen molar-refractivity contribution in [2.45, 2.75) is 19.4 Å². The van der Waals surface area contributed by atoms with Gasteiger partial charge in [0, 0.05) is 16.1 Å². The van der Waals surface area contributed by atoms with E-state index in [4.69, 9.17) is 27.9 Å². The van der Waals surface area contributed by atoms with Crippen molar-refractivity contribution < 1.29 is 4.74 Å². The average molecular weight is 281 g/mol. The van der Waals surface area contributed by atoms with E-state index in [2.05, 4.69) is 0 Å². The first-order valence-electron chi connectivity index (χ1n) is 5.72. The van der Waals surface area contributed by atoms with Gasteiger partial charge in [0.25, 0.3) is 0 Å². The monoisotopic (exact) mass is 280 g/mol. The zero-order valence-electron chi connectivity index (χ0n) is 10.1. The summed E-state index contributed by atoms with van der Waals surface area (Å²) < 4.78 is 5.77. The smallest absolute Gasteiger partial charge is 0.124 e. The second kappa shape index (κ2) is 6.12. The van der Waals surface area contributed by atoms with Crippen molar-refractivity contribution >= 4 is 23.2 Å². The molecule has 0 atom stereocenters. The van der Waals surface area contributed by atoms with Crippen molar-refractivity contribution in [1.82, 2.24) is 0 Å². The van der Waals surface area contributed by atoms with Gasteiger partial charge >= 0.3 is 0 Å². The third kappa shape index (κ3) is 3.18. The first-order valence-corrected chi connectivity index (χ1v) is 6.63. The van der Waals surface area contributed by atoms with Gasteiger partial charge in [-0.3, -0.25) is 0 Å². The molecule has 0 bridgehead atoms. The van der Waals surface area contributed by atoms with Crippen LogP contribution in [0, 0.1) is 6.92 Å². The molecule has 0 aromatic heterocycles. The average Bonchev–Trinajstić information content (AvgIpc) is 2.38. The van der Waals surface area contributed by atoms with Crippen LogP contribution in [-0.2, 0) is 12.5 Å². The summed E-state index contributed by atoms with van der Waals surface area (Å²) in [6, 6.07) is 13.7. The van der Waals surface area contributed by atoms with Crippen molar-refractivity contribution in [3.63, 3.8) is 0 Å². The fourth-order valence-corrected chi connectivity index (χ4v) is 2.19. The van der Waals surface area contributed by atoms with Crippen LogP contribution in [0.25, 0.3) is 0 Å². The first-order chi connectivity index (χ1) is 8.70. The highest BCUT2D eigenvalue weighted by Crippen LogP contribution is 2.23. The number of ether oxygens (including phenoxy) is 1. The molecule has 1 nitrogen and oxygen atoms in total. The number of benzene rings is 2. The number of rotatable bonds is 4. The maximum atomic E-state index is 6.16. The Kier molecular flexibility index (Phi) is 4.51. The summed E-state index contributed by atoms with van der Waals surface area (Å²) in [5.41, 5.74) is 3.11. The molecule has 2 rings (SSSR count). The Morgan fingerprint density at radius 3 is 2.56 bits per heavy atom. The van der Waals surface area contributed by atoms with Gasteiger partial charge < -0.3 is 4.74 Å². The number of para-hydroxylation sites is 1. The number of hydrogen-bond donors (Lipinski definition) is 0. The molecule has 0 saturated heterocycles. The van der Waals surface area contributed by atoms with E-state index in [1.807, 2.05) is 49.4 Å². The van der Waals surface area contributed by atoms with E-state index in [0.29, 0.717) is 12.5 Å². The lowest BCUT2D eigenvalue weighted by Gasteiger charge is -2.11. The lowest BCUT2D eigenvalue weighted by Crippen LogP contribution is -1.98. The molecule has 18 heavy (non-hydrogen) atoms. The Morgan fingerprint density at radius 2 is 1.83 bits per heavy atom. The predicted octanol–water partition coefficient (Wildman–Crippen LogP) is 4.97. The third-order valence-electron chi connectivity index (χ3n) is 2.71. The Morgan fingerprint density at radius 1 is 1.06 bits per heavy atom. The van der Waals surface area contributed by atoms with Gasteiger partial charge in [0.2, 0.25) is 0 Å². The number of alkyl halides is 1. The van der Waals surface area contributed by atoms with Gasteiger partial charge in [0.1, 0.15) is 12.4 Å². The van der Waals surface area contributed by atoms with Gasteiger partial charge in [-0.15, -0.1) is 11.6 Å². The molecule has 94 valence electrons. The normalized spacial score (nSPS) is 10.4. The molecule has 0 amide bonds. The molecule has 0 radical (unpaired) electrons. The van der Waals surface area contributed by atoms with Gasteiger partial charge in [-0.05, 0) is 24.6 Å². The minimum absolute atomic E-state index is 0.442. The molecular weight excluding hydrogens is 267 g/mol. The zero-order valence-corrected chi connectivity index (χ0v) is 11.6. The summed E-state index contributed by atoms with van der Waals surface area (Å²) in [5, 5.41) is 0.735. The molecule has 3 heteroatoms. The quantitative estimate of drug-likeness (QED) is 0.719. The lowest BCUT2D eigenvalue weighted by molar-refractivity contribution is 0.304. The maximum Gasteiger partial charge on any atom is 0.124 e. The van der Waals surface area contributed by atoms with Crippen LogP contribution >= 0.6 is 23.2 Å². The van der Waals surface area contributed by atoms with Crippen LogP contribution < -0.4 is 4.74 Å². The number of halogens is 2. The SMILES string of the molecule is Cc1ccc(COc2ccccc2CCl)c(Cl)c1. The summed E-state index contributed by atoms with van der Waals surface area (Å²) in [4.78, 5) is 0. The Labute approximate surface area is 117 Å². The summed E-state index contributed by atoms with van der Waals surface area (Å²) in [5.74, 6) is 1.25. The van der Waals surface area contributed by atoms with E-state index in [1.165, 1.54) is 0 Å². The topological polar surface area (TPSA) is 9.23 Å². The highest BCUT2D eigenvalue weighted by molar-refractivity contribution is 6.31. The Bertz CT molecular complexity index is 538. The number of aryl methyl sites for hydroxylation is 1. The summed E-state index contributed by atoms with van der Waals surface area (Å²) in [6.45, 7) is 2.46. The van der Waals surface area contributed by atoms with Crippen molar-refractivity contribution in [3.8, 4) is 5.75 Å². The predicted molar refractivity (Wildman–Crippen MR) is 76.5 cm³/mol. The molecule has 0 aliphatic carbocycles. The molecule has 0 unspecified atom stereocenters. The molecule has 0 heterocycles. The summed E-state index contributed by atoms with van der Waals surface area (Å²) in [6.07, 6.45) is 0. The van der Waals surface area contributed by atoms with Crippen molar-refractivity contribution in [3.05, 3.63) is 64.2 Å². The zero-order chi connectivity index (χ0) is 13.0. The van der Waals surface area contributed by atoms with Gasteiger partial charge in [-0.2, -0.15) is 0 Å². The van der Waals surface area contributed by atoms with Gasteiger partial charge in [-0.1, -0.05) is 41.9 Å². The van der Waals surface area contributed by atoms with Crippen LogP contribution in [0.3, 0.4) is 0 Å². The van der Waals surface area contributed by atoms with Crippen LogP contribution in [0.2, 0.25) is 5.02 Å². The molecule has 0 spiro atoms. The van der Waals surface area contributed by atoms with E-state index in [1.54, 1.807) is 0 Å². The highest BCUT2D eigenvalue weighted by atomic mass is 35.5. The fourth-order valence-electron chi connectivity index (χ4n) is 1.68.